The van der Waals surface area contributed by atoms with Gasteiger partial charge in [0, 0.05) is 12.0 Å². The summed E-state index contributed by atoms with van der Waals surface area (Å²) in [5, 5.41) is 9.24. The summed E-state index contributed by atoms with van der Waals surface area (Å²) < 4.78 is 0. The molecule has 1 unspecified atom stereocenters. The third-order valence-electron chi connectivity index (χ3n) is 3.13. The molecule has 0 aliphatic carbocycles. The summed E-state index contributed by atoms with van der Waals surface area (Å²) in [6, 6.07) is 18.1. The van der Waals surface area contributed by atoms with Crippen LogP contribution < -0.4 is 4.90 Å². The average molecular weight is 242 g/mol. The molecule has 0 fully saturated rings. The van der Waals surface area contributed by atoms with Crippen LogP contribution in [0, 0.1) is 0 Å². The van der Waals surface area contributed by atoms with Gasteiger partial charge >= 0.3 is 0 Å². The first-order valence-corrected chi connectivity index (χ1v) is 6.37. The van der Waals surface area contributed by atoms with Crippen LogP contribution in [0.25, 0.3) is 0 Å². The van der Waals surface area contributed by atoms with Crippen LogP contribution in [0.4, 0.5) is 0 Å². The van der Waals surface area contributed by atoms with Crippen LogP contribution in [0.2, 0.25) is 0 Å². The molecule has 0 saturated heterocycles. The molecular formula is C16H20NO+. The fourth-order valence-electron chi connectivity index (χ4n) is 2.05. The maximum Gasteiger partial charge on any atom is 0.115 e. The van der Waals surface area contributed by atoms with Crippen LogP contribution in [-0.2, 0) is 13.0 Å². The summed E-state index contributed by atoms with van der Waals surface area (Å²) in [5.41, 5.74) is 2.65. The molecule has 1 atom stereocenters. The Labute approximate surface area is 109 Å². The van der Waals surface area contributed by atoms with E-state index in [2.05, 4.69) is 37.4 Å². The zero-order valence-electron chi connectivity index (χ0n) is 10.8. The fraction of sp³-hybridized carbons (Fsp3) is 0.250. The van der Waals surface area contributed by atoms with Crippen LogP contribution in [0.15, 0.2) is 54.6 Å². The molecule has 18 heavy (non-hydrogen) atoms. The van der Waals surface area contributed by atoms with Crippen molar-refractivity contribution in [3.8, 4) is 5.75 Å². The Bertz CT molecular complexity index is 464. The van der Waals surface area contributed by atoms with Crippen molar-refractivity contribution in [3.63, 3.8) is 0 Å². The average Bonchev–Trinajstić information content (AvgIpc) is 2.40. The van der Waals surface area contributed by atoms with Crippen molar-refractivity contribution >= 4 is 0 Å². The maximum atomic E-state index is 9.24. The van der Waals surface area contributed by atoms with Gasteiger partial charge in [0.1, 0.15) is 12.3 Å². The molecule has 2 aromatic carbocycles. The number of quaternary nitrogens is 1. The highest BCUT2D eigenvalue weighted by molar-refractivity contribution is 5.25. The van der Waals surface area contributed by atoms with Gasteiger partial charge in [0.2, 0.25) is 0 Å². The monoisotopic (exact) mass is 242 g/mol. The number of phenols is 1. The number of hydrogen-bond acceptors (Lipinski definition) is 1. The van der Waals surface area contributed by atoms with E-state index in [9.17, 15) is 5.11 Å². The van der Waals surface area contributed by atoms with Crippen molar-refractivity contribution < 1.29 is 10.0 Å². The Morgan fingerprint density at radius 2 is 1.56 bits per heavy atom. The number of aromatic hydroxyl groups is 1. The highest BCUT2D eigenvalue weighted by atomic mass is 16.3. The number of benzene rings is 2. The van der Waals surface area contributed by atoms with Crippen LogP contribution in [0.5, 0.6) is 5.75 Å². The lowest BCUT2D eigenvalue weighted by molar-refractivity contribution is -0.893. The summed E-state index contributed by atoms with van der Waals surface area (Å²) >= 11 is 0. The van der Waals surface area contributed by atoms with Gasteiger partial charge in [-0.25, -0.2) is 0 Å². The van der Waals surface area contributed by atoms with Crippen molar-refractivity contribution in [1.29, 1.82) is 0 Å². The Kier molecular flexibility index (Phi) is 4.37. The van der Waals surface area contributed by atoms with Gasteiger partial charge in [0.05, 0.1) is 13.6 Å². The molecule has 2 N–H and O–H groups in total. The summed E-state index contributed by atoms with van der Waals surface area (Å²) in [6.07, 6.45) is 1.10. The summed E-state index contributed by atoms with van der Waals surface area (Å²) in [5.74, 6) is 0.334. The minimum atomic E-state index is 0.334. The van der Waals surface area contributed by atoms with Gasteiger partial charge in [-0.3, -0.25) is 0 Å². The zero-order valence-corrected chi connectivity index (χ0v) is 10.8. The molecule has 0 saturated carbocycles. The van der Waals surface area contributed by atoms with Crippen LogP contribution >= 0.6 is 0 Å². The largest absolute Gasteiger partial charge is 0.508 e. The number of nitrogens with one attached hydrogen (secondary N) is 1. The van der Waals surface area contributed by atoms with Crippen molar-refractivity contribution in [3.05, 3.63) is 65.7 Å². The highest BCUT2D eigenvalue weighted by Crippen LogP contribution is 2.08. The number of phenolic OH excluding ortho intramolecular Hbond substituents is 1. The van der Waals surface area contributed by atoms with Gasteiger partial charge in [0.15, 0.2) is 0 Å². The van der Waals surface area contributed by atoms with Gasteiger partial charge in [-0.2, -0.15) is 0 Å². The normalized spacial score (nSPS) is 12.3. The Morgan fingerprint density at radius 1 is 0.889 bits per heavy atom. The maximum absolute atomic E-state index is 9.24. The predicted molar refractivity (Wildman–Crippen MR) is 73.7 cm³/mol. The lowest BCUT2D eigenvalue weighted by Crippen LogP contribution is -3.07. The van der Waals surface area contributed by atoms with E-state index in [1.807, 2.05) is 12.1 Å². The molecule has 0 aliphatic rings. The molecular weight excluding hydrogens is 222 g/mol. The second kappa shape index (κ2) is 6.22. The smallest absolute Gasteiger partial charge is 0.115 e. The number of likely N-dealkylation sites (N-methyl/N-ethyl adjacent to an activating group) is 1. The van der Waals surface area contributed by atoms with E-state index in [1.165, 1.54) is 16.0 Å². The second-order valence-electron chi connectivity index (χ2n) is 4.79. The first kappa shape index (κ1) is 12.7. The minimum Gasteiger partial charge on any atom is -0.508 e. The summed E-state index contributed by atoms with van der Waals surface area (Å²) in [4.78, 5) is 1.48. The lowest BCUT2D eigenvalue weighted by atomic mass is 10.1. The molecule has 0 aromatic heterocycles. The van der Waals surface area contributed by atoms with Crippen LogP contribution in [-0.4, -0.2) is 18.7 Å². The fourth-order valence-corrected chi connectivity index (χ4v) is 2.05. The van der Waals surface area contributed by atoms with Gasteiger partial charge in [-0.1, -0.05) is 30.3 Å². The Hall–Kier alpha value is -1.80. The zero-order chi connectivity index (χ0) is 12.8. The van der Waals surface area contributed by atoms with Crippen molar-refractivity contribution in [2.45, 2.75) is 13.0 Å². The third kappa shape index (κ3) is 3.90. The quantitative estimate of drug-likeness (QED) is 0.819. The Balaban J connectivity index is 1.82. The van der Waals surface area contributed by atoms with E-state index in [1.54, 1.807) is 12.1 Å². The van der Waals surface area contributed by atoms with E-state index in [0.717, 1.165) is 19.5 Å². The molecule has 0 radical (unpaired) electrons. The van der Waals surface area contributed by atoms with Gasteiger partial charge in [0.25, 0.3) is 0 Å². The predicted octanol–water partition coefficient (Wildman–Crippen LogP) is 1.65. The van der Waals surface area contributed by atoms with Crippen molar-refractivity contribution in [2.24, 2.45) is 0 Å². The molecule has 0 bridgehead atoms. The summed E-state index contributed by atoms with van der Waals surface area (Å²) in [6.45, 7) is 2.11. The standard InChI is InChI=1S/C16H19NO/c1-17(12-11-14-5-3-2-4-6-14)13-15-7-9-16(18)10-8-15/h2-10,18H,11-13H2,1H3/p+1. The van der Waals surface area contributed by atoms with Crippen molar-refractivity contribution in [2.75, 3.05) is 13.6 Å². The topological polar surface area (TPSA) is 24.7 Å². The van der Waals surface area contributed by atoms with Crippen LogP contribution in [0.3, 0.4) is 0 Å². The molecule has 0 amide bonds. The van der Waals surface area contributed by atoms with Gasteiger partial charge in [-0.05, 0) is 29.8 Å². The van der Waals surface area contributed by atoms with Gasteiger partial charge in [-0.15, -0.1) is 0 Å². The third-order valence-corrected chi connectivity index (χ3v) is 3.13. The molecule has 2 rings (SSSR count). The van der Waals surface area contributed by atoms with Gasteiger partial charge < -0.3 is 10.0 Å². The lowest BCUT2D eigenvalue weighted by Gasteiger charge is -2.14. The van der Waals surface area contributed by atoms with E-state index in [4.69, 9.17) is 0 Å². The molecule has 0 spiro atoms. The highest BCUT2D eigenvalue weighted by Gasteiger charge is 2.04. The summed E-state index contributed by atoms with van der Waals surface area (Å²) in [7, 11) is 2.20. The molecule has 0 aliphatic heterocycles. The molecule has 2 heteroatoms. The molecule has 0 heterocycles. The van der Waals surface area contributed by atoms with Crippen LogP contribution in [0.1, 0.15) is 11.1 Å². The first-order valence-electron chi connectivity index (χ1n) is 6.37. The first-order chi connectivity index (χ1) is 8.74. The number of rotatable bonds is 5. The van der Waals surface area contributed by atoms with Crippen molar-refractivity contribution in [1.82, 2.24) is 0 Å². The minimum absolute atomic E-state index is 0.334. The second-order valence-corrected chi connectivity index (χ2v) is 4.79. The van der Waals surface area contributed by atoms with E-state index < -0.39 is 0 Å². The van der Waals surface area contributed by atoms with E-state index >= 15 is 0 Å². The number of hydrogen-bond donors (Lipinski definition) is 2. The van der Waals surface area contributed by atoms with E-state index in [0.29, 0.717) is 5.75 Å². The molecule has 94 valence electrons. The Morgan fingerprint density at radius 3 is 2.22 bits per heavy atom. The van der Waals surface area contributed by atoms with E-state index in [-0.39, 0.29) is 0 Å². The SMILES string of the molecule is C[NH+](CCc1ccccc1)Cc1ccc(O)cc1. The molecule has 2 aromatic rings. The molecule has 2 nitrogen and oxygen atoms in total.